The van der Waals surface area contributed by atoms with Crippen molar-refractivity contribution in [2.75, 3.05) is 26.3 Å². The largest absolute Gasteiger partial charge is 0.486 e. The molecular formula is C21H24N4O5S2. The zero-order valence-electron chi connectivity index (χ0n) is 17.6. The Labute approximate surface area is 190 Å². The van der Waals surface area contributed by atoms with Gasteiger partial charge in [-0.3, -0.25) is 4.79 Å². The summed E-state index contributed by atoms with van der Waals surface area (Å²) >= 11 is 1.17. The van der Waals surface area contributed by atoms with Gasteiger partial charge in [-0.1, -0.05) is 0 Å². The second kappa shape index (κ2) is 9.82. The van der Waals surface area contributed by atoms with Gasteiger partial charge in [0.05, 0.1) is 19.8 Å². The highest BCUT2D eigenvalue weighted by Crippen LogP contribution is 2.25. The first kappa shape index (κ1) is 22.5. The monoisotopic (exact) mass is 476 g/mol. The van der Waals surface area contributed by atoms with Crippen LogP contribution in [-0.2, 0) is 35.0 Å². The number of rotatable bonds is 8. The summed E-state index contributed by atoms with van der Waals surface area (Å²) in [7, 11) is -1.63. The van der Waals surface area contributed by atoms with Crippen molar-refractivity contribution in [2.24, 2.45) is 7.05 Å². The van der Waals surface area contributed by atoms with Gasteiger partial charge in [0.25, 0.3) is 15.9 Å². The lowest BCUT2D eigenvalue weighted by Crippen LogP contribution is -2.40. The van der Waals surface area contributed by atoms with E-state index in [-0.39, 0.29) is 16.7 Å². The van der Waals surface area contributed by atoms with Gasteiger partial charge in [-0.15, -0.1) is 11.3 Å². The topological polar surface area (TPSA) is 103 Å². The maximum Gasteiger partial charge on any atom is 0.252 e. The normalized spacial score (nSPS) is 14.9. The first-order valence-corrected chi connectivity index (χ1v) is 12.3. The van der Waals surface area contributed by atoms with Crippen LogP contribution in [0.4, 0.5) is 0 Å². The number of benzene rings is 1. The van der Waals surface area contributed by atoms with E-state index in [1.54, 1.807) is 42.6 Å². The van der Waals surface area contributed by atoms with Gasteiger partial charge < -0.3 is 19.4 Å². The minimum atomic E-state index is -3.52. The number of thiophene rings is 1. The molecule has 0 radical (unpaired) electrons. The number of aryl methyl sites for hydroxylation is 1. The Bertz CT molecular complexity index is 1170. The molecule has 170 valence electrons. The SMILES string of the molecule is Cn1ccnc1COc1ccc(C(=O)NCc2ccc(S(=O)(=O)N3CCOCC3)s2)cc1. The predicted molar refractivity (Wildman–Crippen MR) is 119 cm³/mol. The average Bonchev–Trinajstić information content (AvgIpc) is 3.46. The van der Waals surface area contributed by atoms with Crippen molar-refractivity contribution in [3.63, 3.8) is 0 Å². The highest BCUT2D eigenvalue weighted by molar-refractivity contribution is 7.91. The Hall–Kier alpha value is -2.73. The van der Waals surface area contributed by atoms with Crippen molar-refractivity contribution < 1.29 is 22.7 Å². The van der Waals surface area contributed by atoms with Gasteiger partial charge in [0.2, 0.25) is 0 Å². The van der Waals surface area contributed by atoms with Crippen LogP contribution >= 0.6 is 11.3 Å². The summed E-state index contributed by atoms with van der Waals surface area (Å²) < 4.78 is 39.9. The first-order chi connectivity index (χ1) is 15.4. The molecule has 1 aromatic carbocycles. The van der Waals surface area contributed by atoms with Crippen molar-refractivity contribution >= 4 is 27.3 Å². The van der Waals surface area contributed by atoms with Crippen LogP contribution in [0.25, 0.3) is 0 Å². The number of carbonyl (C=O) groups is 1. The van der Waals surface area contributed by atoms with Crippen molar-refractivity contribution in [3.05, 3.63) is 65.1 Å². The zero-order valence-corrected chi connectivity index (χ0v) is 19.2. The van der Waals surface area contributed by atoms with E-state index >= 15 is 0 Å². The van der Waals surface area contributed by atoms with Gasteiger partial charge in [-0.2, -0.15) is 4.31 Å². The lowest BCUT2D eigenvalue weighted by Gasteiger charge is -2.25. The second-order valence-corrected chi connectivity index (χ2v) is 10.5. The van der Waals surface area contributed by atoms with Crippen LogP contribution in [0.15, 0.2) is 53.0 Å². The van der Waals surface area contributed by atoms with Gasteiger partial charge >= 0.3 is 0 Å². The minimum Gasteiger partial charge on any atom is -0.486 e. The van der Waals surface area contributed by atoms with Gasteiger partial charge in [-0.05, 0) is 36.4 Å². The van der Waals surface area contributed by atoms with Crippen molar-refractivity contribution in [3.8, 4) is 5.75 Å². The molecule has 1 aliphatic heterocycles. The number of aromatic nitrogens is 2. The maximum atomic E-state index is 12.7. The van der Waals surface area contributed by atoms with E-state index in [0.717, 1.165) is 10.7 Å². The molecule has 11 heteroatoms. The summed E-state index contributed by atoms with van der Waals surface area (Å²) in [4.78, 5) is 17.4. The second-order valence-electron chi connectivity index (χ2n) is 7.19. The Morgan fingerprint density at radius 1 is 1.19 bits per heavy atom. The van der Waals surface area contributed by atoms with E-state index in [9.17, 15) is 13.2 Å². The van der Waals surface area contributed by atoms with Gasteiger partial charge in [0.15, 0.2) is 0 Å². The average molecular weight is 477 g/mol. The number of imidazole rings is 1. The number of carbonyl (C=O) groups excluding carboxylic acids is 1. The molecule has 4 rings (SSSR count). The molecule has 0 saturated carbocycles. The quantitative estimate of drug-likeness (QED) is 0.534. The summed E-state index contributed by atoms with van der Waals surface area (Å²) in [6.45, 7) is 2.10. The highest BCUT2D eigenvalue weighted by Gasteiger charge is 2.27. The van der Waals surface area contributed by atoms with Gasteiger partial charge in [0, 0.05) is 43.0 Å². The fraction of sp³-hybridized carbons (Fsp3) is 0.333. The van der Waals surface area contributed by atoms with Crippen molar-refractivity contribution in [1.82, 2.24) is 19.2 Å². The summed E-state index contributed by atoms with van der Waals surface area (Å²) in [6.07, 6.45) is 3.56. The Morgan fingerprint density at radius 2 is 1.94 bits per heavy atom. The number of hydrogen-bond donors (Lipinski definition) is 1. The van der Waals surface area contributed by atoms with E-state index in [1.165, 1.54) is 15.6 Å². The Morgan fingerprint density at radius 3 is 2.62 bits per heavy atom. The molecule has 0 spiro atoms. The molecule has 32 heavy (non-hydrogen) atoms. The molecular weight excluding hydrogens is 452 g/mol. The molecule has 1 fully saturated rings. The third-order valence-electron chi connectivity index (χ3n) is 5.03. The summed E-state index contributed by atoms with van der Waals surface area (Å²) in [5.74, 6) is 1.20. The van der Waals surface area contributed by atoms with E-state index in [2.05, 4.69) is 10.3 Å². The summed E-state index contributed by atoms with van der Waals surface area (Å²) in [5, 5.41) is 2.83. The Kier molecular flexibility index (Phi) is 6.89. The van der Waals surface area contributed by atoms with Crippen LogP contribution in [0.3, 0.4) is 0 Å². The molecule has 2 aromatic heterocycles. The summed E-state index contributed by atoms with van der Waals surface area (Å²) in [5.41, 5.74) is 0.493. The number of morpholine rings is 1. The molecule has 3 aromatic rings. The molecule has 3 heterocycles. The number of nitrogens with one attached hydrogen (secondary N) is 1. The van der Waals surface area contributed by atoms with Crippen molar-refractivity contribution in [1.29, 1.82) is 0 Å². The fourth-order valence-electron chi connectivity index (χ4n) is 3.16. The molecule has 9 nitrogen and oxygen atoms in total. The molecule has 0 atom stereocenters. The maximum absolute atomic E-state index is 12.7. The van der Waals surface area contributed by atoms with E-state index in [1.807, 2.05) is 17.8 Å². The van der Waals surface area contributed by atoms with Crippen LogP contribution < -0.4 is 10.1 Å². The minimum absolute atomic E-state index is 0.244. The van der Waals surface area contributed by atoms with Gasteiger partial charge in [-0.25, -0.2) is 13.4 Å². The first-order valence-electron chi connectivity index (χ1n) is 10.1. The Balaban J connectivity index is 1.30. The lowest BCUT2D eigenvalue weighted by atomic mass is 10.2. The molecule has 1 saturated heterocycles. The molecule has 0 aliphatic carbocycles. The standard InChI is InChI=1S/C21H24N4O5S2/c1-24-9-8-22-19(24)15-30-17-4-2-16(3-5-17)21(26)23-14-18-6-7-20(31-18)32(27,28)25-10-12-29-13-11-25/h2-9H,10-15H2,1H3,(H,23,26). The van der Waals surface area contributed by atoms with Crippen LogP contribution in [0, 0.1) is 0 Å². The van der Waals surface area contributed by atoms with E-state index in [4.69, 9.17) is 9.47 Å². The molecule has 0 unspecified atom stereocenters. The molecule has 1 aliphatic rings. The predicted octanol–water partition coefficient (Wildman–Crippen LogP) is 2.01. The lowest BCUT2D eigenvalue weighted by molar-refractivity contribution is 0.0731. The number of sulfonamides is 1. The van der Waals surface area contributed by atoms with Crippen LogP contribution in [0.5, 0.6) is 5.75 Å². The van der Waals surface area contributed by atoms with Crippen molar-refractivity contribution in [2.45, 2.75) is 17.4 Å². The van der Waals surface area contributed by atoms with Crippen LogP contribution in [0.1, 0.15) is 21.1 Å². The van der Waals surface area contributed by atoms with E-state index < -0.39 is 10.0 Å². The highest BCUT2D eigenvalue weighted by atomic mass is 32.2. The van der Waals surface area contributed by atoms with E-state index in [0.29, 0.717) is 44.2 Å². The number of hydrogen-bond acceptors (Lipinski definition) is 7. The molecule has 0 bridgehead atoms. The number of ether oxygens (including phenoxy) is 2. The third kappa shape index (κ3) is 5.18. The number of amides is 1. The fourth-order valence-corrected chi connectivity index (χ4v) is 6.02. The summed E-state index contributed by atoms with van der Waals surface area (Å²) in [6, 6.07) is 10.2. The molecule has 1 N–H and O–H groups in total. The third-order valence-corrected chi connectivity index (χ3v) is 8.48. The van der Waals surface area contributed by atoms with Crippen LogP contribution in [0.2, 0.25) is 0 Å². The van der Waals surface area contributed by atoms with Crippen LogP contribution in [-0.4, -0.2) is 54.5 Å². The number of nitrogens with zero attached hydrogens (tertiary/aromatic N) is 3. The molecule has 1 amide bonds. The zero-order chi connectivity index (χ0) is 22.6. The van der Waals surface area contributed by atoms with Gasteiger partial charge in [0.1, 0.15) is 22.4 Å². The smallest absolute Gasteiger partial charge is 0.252 e.